The normalized spacial score (nSPS) is 22.2. The molecule has 2 aromatic rings. The molecular formula is C13H15N3O4. The van der Waals surface area contributed by atoms with E-state index in [-0.39, 0.29) is 23.3 Å². The van der Waals surface area contributed by atoms with Crippen LogP contribution in [-0.4, -0.2) is 29.2 Å². The van der Waals surface area contributed by atoms with Crippen LogP contribution in [-0.2, 0) is 4.74 Å². The molecule has 3 rings (SSSR count). The minimum atomic E-state index is -0.456. The first-order chi connectivity index (χ1) is 9.69. The number of oxazole rings is 1. The molecule has 1 aliphatic carbocycles. The summed E-state index contributed by atoms with van der Waals surface area (Å²) in [5, 5.41) is 14.1. The summed E-state index contributed by atoms with van der Waals surface area (Å²) < 4.78 is 10.9. The maximum absolute atomic E-state index is 11.0. The molecule has 1 heterocycles. The molecular weight excluding hydrogens is 262 g/mol. The Labute approximate surface area is 115 Å². The van der Waals surface area contributed by atoms with E-state index in [9.17, 15) is 10.1 Å². The van der Waals surface area contributed by atoms with Crippen LogP contribution in [0.4, 0.5) is 11.7 Å². The van der Waals surface area contributed by atoms with Crippen molar-refractivity contribution in [3.8, 4) is 0 Å². The zero-order chi connectivity index (χ0) is 14.1. The summed E-state index contributed by atoms with van der Waals surface area (Å²) >= 11 is 0. The minimum Gasteiger partial charge on any atom is -0.423 e. The molecule has 0 spiro atoms. The Kier molecular flexibility index (Phi) is 3.27. The number of nitro benzene ring substituents is 1. The number of nitrogens with zero attached hydrogens (tertiary/aromatic N) is 2. The fourth-order valence-electron chi connectivity index (χ4n) is 2.67. The number of methoxy groups -OCH3 is 1. The second kappa shape index (κ2) is 5.09. The van der Waals surface area contributed by atoms with E-state index in [0.29, 0.717) is 11.6 Å². The van der Waals surface area contributed by atoms with E-state index in [4.69, 9.17) is 9.15 Å². The lowest BCUT2D eigenvalue weighted by atomic mass is 10.2. The van der Waals surface area contributed by atoms with Gasteiger partial charge >= 0.3 is 0 Å². The predicted molar refractivity (Wildman–Crippen MR) is 72.7 cm³/mol. The molecule has 1 fully saturated rings. The van der Waals surface area contributed by atoms with Gasteiger partial charge in [0.05, 0.1) is 17.1 Å². The van der Waals surface area contributed by atoms with Crippen LogP contribution in [0.1, 0.15) is 19.3 Å². The van der Waals surface area contributed by atoms with Gasteiger partial charge in [-0.2, -0.15) is 4.98 Å². The number of para-hydroxylation sites is 1. The van der Waals surface area contributed by atoms with E-state index in [1.807, 2.05) is 0 Å². The first-order valence-corrected chi connectivity index (χ1v) is 6.52. The highest BCUT2D eigenvalue weighted by atomic mass is 16.6. The Morgan fingerprint density at radius 3 is 3.10 bits per heavy atom. The summed E-state index contributed by atoms with van der Waals surface area (Å²) in [4.78, 5) is 14.7. The largest absolute Gasteiger partial charge is 0.423 e. The monoisotopic (exact) mass is 277 g/mol. The van der Waals surface area contributed by atoms with Gasteiger partial charge < -0.3 is 14.5 Å². The van der Waals surface area contributed by atoms with Crippen molar-refractivity contribution in [2.75, 3.05) is 12.4 Å². The van der Waals surface area contributed by atoms with E-state index in [1.54, 1.807) is 19.2 Å². The van der Waals surface area contributed by atoms with Crippen LogP contribution in [0.5, 0.6) is 0 Å². The van der Waals surface area contributed by atoms with Gasteiger partial charge in [-0.15, -0.1) is 0 Å². The topological polar surface area (TPSA) is 90.4 Å². The van der Waals surface area contributed by atoms with Crippen LogP contribution < -0.4 is 5.32 Å². The van der Waals surface area contributed by atoms with Gasteiger partial charge in [-0.05, 0) is 25.3 Å². The van der Waals surface area contributed by atoms with Crippen molar-refractivity contribution in [1.82, 2.24) is 4.98 Å². The number of nitrogens with one attached hydrogen (secondary N) is 1. The molecule has 106 valence electrons. The van der Waals surface area contributed by atoms with Gasteiger partial charge in [0.1, 0.15) is 0 Å². The molecule has 2 unspecified atom stereocenters. The number of benzene rings is 1. The van der Waals surface area contributed by atoms with Crippen LogP contribution in [0.2, 0.25) is 0 Å². The van der Waals surface area contributed by atoms with Gasteiger partial charge in [0.2, 0.25) is 0 Å². The van der Waals surface area contributed by atoms with Gasteiger partial charge in [-0.25, -0.2) is 0 Å². The molecule has 0 aliphatic heterocycles. The molecule has 1 aromatic heterocycles. The van der Waals surface area contributed by atoms with E-state index in [0.717, 1.165) is 19.3 Å². The maximum Gasteiger partial charge on any atom is 0.298 e. The van der Waals surface area contributed by atoms with Crippen LogP contribution in [0.3, 0.4) is 0 Å². The molecule has 1 aliphatic rings. The molecule has 1 N–H and O–H groups in total. The van der Waals surface area contributed by atoms with E-state index < -0.39 is 4.92 Å². The lowest BCUT2D eigenvalue weighted by Crippen LogP contribution is -2.29. The predicted octanol–water partition coefficient (Wildman–Crippen LogP) is 2.72. The Morgan fingerprint density at radius 1 is 1.50 bits per heavy atom. The van der Waals surface area contributed by atoms with Crippen molar-refractivity contribution < 1.29 is 14.1 Å². The SMILES string of the molecule is COC1CCCC1Nc1nc2c([N+](=O)[O-])cccc2o1. The Bertz CT molecular complexity index is 640. The van der Waals surface area contributed by atoms with Crippen molar-refractivity contribution >= 4 is 22.8 Å². The molecule has 1 aromatic carbocycles. The van der Waals surface area contributed by atoms with Gasteiger partial charge in [0.25, 0.3) is 11.7 Å². The van der Waals surface area contributed by atoms with Crippen LogP contribution in [0, 0.1) is 10.1 Å². The lowest BCUT2D eigenvalue weighted by Gasteiger charge is -2.17. The summed E-state index contributed by atoms with van der Waals surface area (Å²) in [6, 6.07) is 5.11. The second-order valence-corrected chi connectivity index (χ2v) is 4.86. The second-order valence-electron chi connectivity index (χ2n) is 4.86. The number of aromatic nitrogens is 1. The number of hydrogen-bond acceptors (Lipinski definition) is 6. The molecule has 1 saturated carbocycles. The van der Waals surface area contributed by atoms with Crippen LogP contribution >= 0.6 is 0 Å². The first-order valence-electron chi connectivity index (χ1n) is 6.52. The molecule has 0 amide bonds. The lowest BCUT2D eigenvalue weighted by molar-refractivity contribution is -0.383. The number of non-ortho nitro benzene ring substituents is 1. The average molecular weight is 277 g/mol. The highest BCUT2D eigenvalue weighted by Crippen LogP contribution is 2.30. The Morgan fingerprint density at radius 2 is 2.35 bits per heavy atom. The molecule has 20 heavy (non-hydrogen) atoms. The average Bonchev–Trinajstić information content (AvgIpc) is 3.03. The van der Waals surface area contributed by atoms with Crippen molar-refractivity contribution in [2.45, 2.75) is 31.4 Å². The van der Waals surface area contributed by atoms with Crippen LogP contribution in [0.15, 0.2) is 22.6 Å². The molecule has 7 heteroatoms. The zero-order valence-corrected chi connectivity index (χ0v) is 11.0. The number of ether oxygens (including phenoxy) is 1. The zero-order valence-electron chi connectivity index (χ0n) is 11.0. The third kappa shape index (κ3) is 2.20. The van der Waals surface area contributed by atoms with Crippen molar-refractivity contribution in [3.05, 3.63) is 28.3 Å². The van der Waals surface area contributed by atoms with Crippen LogP contribution in [0.25, 0.3) is 11.1 Å². The van der Waals surface area contributed by atoms with E-state index in [2.05, 4.69) is 10.3 Å². The fraction of sp³-hybridized carbons (Fsp3) is 0.462. The first kappa shape index (κ1) is 12.9. The number of hydrogen-bond donors (Lipinski definition) is 1. The summed E-state index contributed by atoms with van der Waals surface area (Å²) in [7, 11) is 1.68. The standard InChI is InChI=1S/C13H15N3O4/c1-19-10-6-2-4-8(10)14-13-15-12-9(16(17)18)5-3-7-11(12)20-13/h3,5,7-8,10H,2,4,6H2,1H3,(H,14,15). The summed E-state index contributed by atoms with van der Waals surface area (Å²) in [6.07, 6.45) is 3.17. The molecule has 7 nitrogen and oxygen atoms in total. The van der Waals surface area contributed by atoms with Crippen molar-refractivity contribution in [2.24, 2.45) is 0 Å². The van der Waals surface area contributed by atoms with Gasteiger partial charge in [0, 0.05) is 13.2 Å². The summed E-state index contributed by atoms with van der Waals surface area (Å²) in [5.41, 5.74) is 0.634. The molecule has 2 atom stereocenters. The van der Waals surface area contributed by atoms with Crippen molar-refractivity contribution in [1.29, 1.82) is 0 Å². The molecule has 0 bridgehead atoms. The minimum absolute atomic E-state index is 0.0472. The molecule has 0 saturated heterocycles. The maximum atomic E-state index is 11.0. The fourth-order valence-corrected chi connectivity index (χ4v) is 2.67. The third-order valence-corrected chi connectivity index (χ3v) is 3.66. The number of rotatable bonds is 4. The van der Waals surface area contributed by atoms with Crippen molar-refractivity contribution in [3.63, 3.8) is 0 Å². The Balaban J connectivity index is 1.89. The smallest absolute Gasteiger partial charge is 0.298 e. The summed E-state index contributed by atoms with van der Waals surface area (Å²) in [5.74, 6) is 0. The highest BCUT2D eigenvalue weighted by Gasteiger charge is 2.28. The summed E-state index contributed by atoms with van der Waals surface area (Å²) in [6.45, 7) is 0. The molecule has 0 radical (unpaired) electrons. The van der Waals surface area contributed by atoms with Gasteiger partial charge in [-0.3, -0.25) is 10.1 Å². The quantitative estimate of drug-likeness (QED) is 0.682. The number of anilines is 1. The highest BCUT2D eigenvalue weighted by molar-refractivity contribution is 5.84. The number of fused-ring (bicyclic) bond motifs is 1. The third-order valence-electron chi connectivity index (χ3n) is 3.66. The number of nitro groups is 1. The van der Waals surface area contributed by atoms with E-state index in [1.165, 1.54) is 6.07 Å². The van der Waals surface area contributed by atoms with Gasteiger partial charge in [-0.1, -0.05) is 6.07 Å². The Hall–Kier alpha value is -2.15. The van der Waals surface area contributed by atoms with Gasteiger partial charge in [0.15, 0.2) is 11.1 Å². The van der Waals surface area contributed by atoms with E-state index >= 15 is 0 Å².